The lowest BCUT2D eigenvalue weighted by molar-refractivity contribution is -0.115. The minimum Gasteiger partial charge on any atom is -0.356 e. The smallest absolute Gasteiger partial charge is 0.230 e. The van der Waals surface area contributed by atoms with Crippen LogP contribution in [0.25, 0.3) is 11.3 Å². The first-order valence-corrected chi connectivity index (χ1v) is 7.73. The number of benzene rings is 2. The zero-order valence-electron chi connectivity index (χ0n) is 12.2. The summed E-state index contributed by atoms with van der Waals surface area (Å²) in [5.74, 6) is -0.140. The van der Waals surface area contributed by atoms with Crippen molar-refractivity contribution < 1.29 is 13.7 Å². The maximum Gasteiger partial charge on any atom is 0.230 e. The standard InChI is InChI=1S/C17H11Cl2FN2O2/c18-14-6-5-12(7-15(14)19)21-17(23)9-13-8-16(24-22-13)10-1-3-11(20)4-2-10/h1-8H,9H2,(H,21,23). The van der Waals surface area contributed by atoms with Gasteiger partial charge in [-0.2, -0.15) is 0 Å². The van der Waals surface area contributed by atoms with Crippen LogP contribution in [0.4, 0.5) is 10.1 Å². The Morgan fingerprint density at radius 2 is 1.83 bits per heavy atom. The molecule has 7 heteroatoms. The molecule has 122 valence electrons. The molecule has 0 atom stereocenters. The highest BCUT2D eigenvalue weighted by molar-refractivity contribution is 6.42. The van der Waals surface area contributed by atoms with Gasteiger partial charge in [-0.25, -0.2) is 4.39 Å². The number of carbonyl (C=O) groups excluding carboxylic acids is 1. The molecule has 0 saturated carbocycles. The zero-order chi connectivity index (χ0) is 17.1. The number of rotatable bonds is 4. The molecular weight excluding hydrogens is 354 g/mol. The summed E-state index contributed by atoms with van der Waals surface area (Å²) in [4.78, 5) is 12.1. The predicted octanol–water partition coefficient (Wildman–Crippen LogP) is 4.97. The number of amides is 1. The average molecular weight is 365 g/mol. The van der Waals surface area contributed by atoms with Crippen LogP contribution in [0, 0.1) is 5.82 Å². The summed E-state index contributed by atoms with van der Waals surface area (Å²) in [5.41, 5.74) is 1.68. The van der Waals surface area contributed by atoms with Gasteiger partial charge < -0.3 is 9.84 Å². The average Bonchev–Trinajstić information content (AvgIpc) is 3.00. The van der Waals surface area contributed by atoms with Crippen molar-refractivity contribution in [2.45, 2.75) is 6.42 Å². The Balaban J connectivity index is 1.66. The van der Waals surface area contributed by atoms with Crippen molar-refractivity contribution in [3.63, 3.8) is 0 Å². The summed E-state index contributed by atoms with van der Waals surface area (Å²) in [6.07, 6.45) is 0.0327. The van der Waals surface area contributed by atoms with Gasteiger partial charge in [-0.05, 0) is 42.5 Å². The molecular formula is C17H11Cl2FN2O2. The Labute approximate surface area is 147 Å². The first kappa shape index (κ1) is 16.5. The minimum absolute atomic E-state index is 0.0327. The lowest BCUT2D eigenvalue weighted by Crippen LogP contribution is -2.14. The molecule has 24 heavy (non-hydrogen) atoms. The van der Waals surface area contributed by atoms with E-state index in [9.17, 15) is 9.18 Å². The molecule has 0 aliphatic heterocycles. The zero-order valence-corrected chi connectivity index (χ0v) is 13.7. The lowest BCUT2D eigenvalue weighted by atomic mass is 10.1. The van der Waals surface area contributed by atoms with E-state index in [0.29, 0.717) is 32.8 Å². The van der Waals surface area contributed by atoms with E-state index in [0.717, 1.165) is 0 Å². The van der Waals surface area contributed by atoms with Crippen LogP contribution in [-0.2, 0) is 11.2 Å². The van der Waals surface area contributed by atoms with Crippen LogP contribution in [0.5, 0.6) is 0 Å². The number of nitrogens with one attached hydrogen (secondary N) is 1. The lowest BCUT2D eigenvalue weighted by Gasteiger charge is -2.04. The van der Waals surface area contributed by atoms with Crippen molar-refractivity contribution in [3.05, 3.63) is 70.1 Å². The number of anilines is 1. The Kier molecular flexibility index (Phi) is 4.83. The van der Waals surface area contributed by atoms with Gasteiger partial charge in [-0.1, -0.05) is 28.4 Å². The van der Waals surface area contributed by atoms with Gasteiger partial charge in [0.15, 0.2) is 5.76 Å². The third-order valence-corrected chi connectivity index (χ3v) is 3.97. The van der Waals surface area contributed by atoms with E-state index in [4.69, 9.17) is 27.7 Å². The van der Waals surface area contributed by atoms with Crippen molar-refractivity contribution in [2.75, 3.05) is 5.32 Å². The third-order valence-electron chi connectivity index (χ3n) is 3.23. The molecule has 4 nitrogen and oxygen atoms in total. The quantitative estimate of drug-likeness (QED) is 0.710. The molecule has 0 fully saturated rings. The van der Waals surface area contributed by atoms with Gasteiger partial charge in [-0.3, -0.25) is 4.79 Å². The van der Waals surface area contributed by atoms with E-state index in [-0.39, 0.29) is 18.1 Å². The van der Waals surface area contributed by atoms with Gasteiger partial charge in [0, 0.05) is 17.3 Å². The van der Waals surface area contributed by atoms with E-state index in [1.807, 2.05) is 0 Å². The van der Waals surface area contributed by atoms with Crippen molar-refractivity contribution in [3.8, 4) is 11.3 Å². The van der Waals surface area contributed by atoms with Gasteiger partial charge in [0.05, 0.1) is 22.2 Å². The van der Waals surface area contributed by atoms with E-state index in [1.165, 1.54) is 12.1 Å². The van der Waals surface area contributed by atoms with Gasteiger partial charge >= 0.3 is 0 Å². The second-order valence-electron chi connectivity index (χ2n) is 5.04. The molecule has 0 aliphatic rings. The molecule has 1 N–H and O–H groups in total. The maximum atomic E-state index is 12.9. The number of aromatic nitrogens is 1. The van der Waals surface area contributed by atoms with Crippen LogP contribution in [0.1, 0.15) is 5.69 Å². The highest BCUT2D eigenvalue weighted by Gasteiger charge is 2.11. The topological polar surface area (TPSA) is 55.1 Å². The molecule has 0 unspecified atom stereocenters. The molecule has 0 saturated heterocycles. The second-order valence-corrected chi connectivity index (χ2v) is 5.86. The minimum atomic E-state index is -0.334. The number of carbonyl (C=O) groups is 1. The Hall–Kier alpha value is -2.37. The summed E-state index contributed by atoms with van der Waals surface area (Å²) >= 11 is 11.7. The van der Waals surface area contributed by atoms with E-state index in [1.54, 1.807) is 36.4 Å². The molecule has 3 aromatic rings. The second kappa shape index (κ2) is 7.03. The SMILES string of the molecule is O=C(Cc1cc(-c2ccc(F)cc2)on1)Nc1ccc(Cl)c(Cl)c1. The van der Waals surface area contributed by atoms with E-state index in [2.05, 4.69) is 10.5 Å². The Morgan fingerprint density at radius 3 is 2.54 bits per heavy atom. The van der Waals surface area contributed by atoms with Crippen LogP contribution in [-0.4, -0.2) is 11.1 Å². The summed E-state index contributed by atoms with van der Waals surface area (Å²) in [5, 5.41) is 7.32. The fourth-order valence-electron chi connectivity index (χ4n) is 2.09. The third kappa shape index (κ3) is 3.93. The maximum absolute atomic E-state index is 12.9. The molecule has 0 aliphatic carbocycles. The molecule has 3 rings (SSSR count). The van der Waals surface area contributed by atoms with Crippen LogP contribution < -0.4 is 5.32 Å². The van der Waals surface area contributed by atoms with Gasteiger partial charge in [-0.15, -0.1) is 0 Å². The number of nitrogens with zero attached hydrogens (tertiary/aromatic N) is 1. The number of hydrogen-bond donors (Lipinski definition) is 1. The summed E-state index contributed by atoms with van der Waals surface area (Å²) < 4.78 is 18.1. The largest absolute Gasteiger partial charge is 0.356 e. The fourth-order valence-corrected chi connectivity index (χ4v) is 2.39. The highest BCUT2D eigenvalue weighted by atomic mass is 35.5. The predicted molar refractivity (Wildman–Crippen MR) is 90.7 cm³/mol. The monoisotopic (exact) mass is 364 g/mol. The van der Waals surface area contributed by atoms with Crippen molar-refractivity contribution >= 4 is 34.8 Å². The fraction of sp³-hybridized carbons (Fsp3) is 0.0588. The van der Waals surface area contributed by atoms with Crippen LogP contribution in [0.15, 0.2) is 53.1 Å². The molecule has 1 heterocycles. The Bertz CT molecular complexity index is 879. The number of halogens is 3. The van der Waals surface area contributed by atoms with Gasteiger partial charge in [0.2, 0.25) is 5.91 Å². The summed E-state index contributed by atoms with van der Waals surface area (Å²) in [6.45, 7) is 0. The van der Waals surface area contributed by atoms with Crippen molar-refractivity contribution in [1.29, 1.82) is 0 Å². The molecule has 2 aromatic carbocycles. The van der Waals surface area contributed by atoms with Crippen LogP contribution >= 0.6 is 23.2 Å². The van der Waals surface area contributed by atoms with Crippen LogP contribution in [0.3, 0.4) is 0 Å². The highest BCUT2D eigenvalue weighted by Crippen LogP contribution is 2.25. The molecule has 0 bridgehead atoms. The van der Waals surface area contributed by atoms with Gasteiger partial charge in [0.25, 0.3) is 0 Å². The summed E-state index contributed by atoms with van der Waals surface area (Å²) in [6, 6.07) is 12.3. The van der Waals surface area contributed by atoms with Crippen molar-refractivity contribution in [1.82, 2.24) is 5.16 Å². The molecule has 0 radical (unpaired) electrons. The van der Waals surface area contributed by atoms with Crippen LogP contribution in [0.2, 0.25) is 10.0 Å². The Morgan fingerprint density at radius 1 is 1.08 bits per heavy atom. The number of hydrogen-bond acceptors (Lipinski definition) is 3. The normalized spacial score (nSPS) is 10.6. The van der Waals surface area contributed by atoms with E-state index < -0.39 is 0 Å². The van der Waals surface area contributed by atoms with Gasteiger partial charge in [0.1, 0.15) is 5.82 Å². The van der Waals surface area contributed by atoms with Crippen molar-refractivity contribution in [2.24, 2.45) is 0 Å². The van der Waals surface area contributed by atoms with E-state index >= 15 is 0 Å². The molecule has 0 spiro atoms. The first-order valence-electron chi connectivity index (χ1n) is 6.98. The summed E-state index contributed by atoms with van der Waals surface area (Å²) in [7, 11) is 0. The molecule has 1 aromatic heterocycles. The first-order chi connectivity index (χ1) is 11.5. The molecule has 1 amide bonds.